The van der Waals surface area contributed by atoms with Crippen LogP contribution < -0.4 is 4.74 Å². The van der Waals surface area contributed by atoms with Gasteiger partial charge in [0.25, 0.3) is 0 Å². The summed E-state index contributed by atoms with van der Waals surface area (Å²) in [5.74, 6) is 3.81. The van der Waals surface area contributed by atoms with Gasteiger partial charge in [-0.3, -0.25) is 4.90 Å². The minimum Gasteiger partial charge on any atom is -0.497 e. The van der Waals surface area contributed by atoms with Crippen molar-refractivity contribution >= 4 is 0 Å². The smallest absolute Gasteiger partial charge is 0.135 e. The van der Waals surface area contributed by atoms with Gasteiger partial charge in [0.15, 0.2) is 0 Å². The Labute approximate surface area is 192 Å². The molecular formula is C27H39NO4. The molecule has 0 saturated heterocycles. The molecule has 2 aliphatic carbocycles. The van der Waals surface area contributed by atoms with Gasteiger partial charge in [-0.15, -0.1) is 0 Å². The molecule has 0 radical (unpaired) electrons. The van der Waals surface area contributed by atoms with Crippen LogP contribution in [-0.4, -0.2) is 37.4 Å². The molecule has 0 aliphatic heterocycles. The van der Waals surface area contributed by atoms with E-state index in [4.69, 9.17) is 13.9 Å². The second-order valence-corrected chi connectivity index (χ2v) is 9.85. The molecule has 2 aliphatic rings. The number of furan rings is 1. The molecule has 2 fully saturated rings. The van der Waals surface area contributed by atoms with Gasteiger partial charge in [0.1, 0.15) is 22.9 Å². The summed E-state index contributed by atoms with van der Waals surface area (Å²) in [4.78, 5) is 2.32. The summed E-state index contributed by atoms with van der Waals surface area (Å²) in [6, 6.07) is 12.2. The van der Waals surface area contributed by atoms with E-state index in [9.17, 15) is 5.11 Å². The second kappa shape index (κ2) is 10.9. The topological polar surface area (TPSA) is 55.1 Å². The molecule has 2 aromatic rings. The van der Waals surface area contributed by atoms with E-state index in [0.717, 1.165) is 43.2 Å². The molecule has 176 valence electrons. The fraction of sp³-hybridized carbons (Fsp3) is 0.630. The Bertz CT molecular complexity index is 824. The van der Waals surface area contributed by atoms with Gasteiger partial charge in [0.2, 0.25) is 0 Å². The van der Waals surface area contributed by atoms with E-state index in [1.807, 2.05) is 24.3 Å². The number of benzene rings is 1. The van der Waals surface area contributed by atoms with Gasteiger partial charge in [-0.1, -0.05) is 50.7 Å². The first-order chi connectivity index (χ1) is 15.6. The molecule has 0 atom stereocenters. The molecule has 1 aromatic heterocycles. The van der Waals surface area contributed by atoms with E-state index < -0.39 is 5.60 Å². The third kappa shape index (κ3) is 5.94. The Kier molecular flexibility index (Phi) is 7.93. The van der Waals surface area contributed by atoms with Crippen molar-refractivity contribution in [3.63, 3.8) is 0 Å². The van der Waals surface area contributed by atoms with Gasteiger partial charge < -0.3 is 19.0 Å². The predicted molar refractivity (Wildman–Crippen MR) is 126 cm³/mol. The number of ether oxygens (including phenoxy) is 2. The average molecular weight is 442 g/mol. The molecule has 32 heavy (non-hydrogen) atoms. The SMILES string of the molecule is COCCN(Cc1cccc(OC)c1)Cc1ccc(C(O)(CC2CCC2)CC2CCC2)o1. The molecule has 5 heteroatoms. The summed E-state index contributed by atoms with van der Waals surface area (Å²) in [5, 5.41) is 11.7. The Balaban J connectivity index is 1.45. The summed E-state index contributed by atoms with van der Waals surface area (Å²) in [6.07, 6.45) is 9.25. The first-order valence-electron chi connectivity index (χ1n) is 12.2. The number of rotatable bonds is 13. The van der Waals surface area contributed by atoms with Crippen molar-refractivity contribution in [3.8, 4) is 5.75 Å². The molecule has 0 unspecified atom stereocenters. The van der Waals surface area contributed by atoms with Crippen molar-refractivity contribution in [3.05, 3.63) is 53.5 Å². The molecule has 0 bridgehead atoms. The van der Waals surface area contributed by atoms with Crippen LogP contribution in [0.4, 0.5) is 0 Å². The van der Waals surface area contributed by atoms with Crippen LogP contribution in [0.2, 0.25) is 0 Å². The summed E-state index contributed by atoms with van der Waals surface area (Å²) in [6.45, 7) is 2.93. The van der Waals surface area contributed by atoms with Gasteiger partial charge in [-0.2, -0.15) is 0 Å². The zero-order valence-electron chi connectivity index (χ0n) is 19.7. The molecule has 4 rings (SSSR count). The lowest BCUT2D eigenvalue weighted by atomic mass is 9.70. The fourth-order valence-corrected chi connectivity index (χ4v) is 5.03. The van der Waals surface area contributed by atoms with Crippen molar-refractivity contribution < 1.29 is 19.0 Å². The minimum atomic E-state index is -0.821. The molecule has 0 spiro atoms. The van der Waals surface area contributed by atoms with E-state index in [2.05, 4.69) is 17.0 Å². The summed E-state index contributed by atoms with van der Waals surface area (Å²) in [5.41, 5.74) is 0.372. The van der Waals surface area contributed by atoms with E-state index in [1.54, 1.807) is 14.2 Å². The third-order valence-electron chi connectivity index (χ3n) is 7.35. The van der Waals surface area contributed by atoms with Crippen molar-refractivity contribution in [2.45, 2.75) is 70.1 Å². The Hall–Kier alpha value is -1.82. The van der Waals surface area contributed by atoms with Gasteiger partial charge in [-0.05, 0) is 54.5 Å². The van der Waals surface area contributed by atoms with E-state index in [1.165, 1.54) is 44.1 Å². The molecular weight excluding hydrogens is 402 g/mol. The average Bonchev–Trinajstić information content (AvgIpc) is 3.21. The van der Waals surface area contributed by atoms with Crippen LogP contribution in [0.3, 0.4) is 0 Å². The Morgan fingerprint density at radius 2 is 1.72 bits per heavy atom. The lowest BCUT2D eigenvalue weighted by Gasteiger charge is -2.39. The Morgan fingerprint density at radius 3 is 2.31 bits per heavy atom. The van der Waals surface area contributed by atoms with Crippen LogP contribution in [0, 0.1) is 11.8 Å². The quantitative estimate of drug-likeness (QED) is 0.444. The van der Waals surface area contributed by atoms with E-state index in [0.29, 0.717) is 25.0 Å². The summed E-state index contributed by atoms with van der Waals surface area (Å²) >= 11 is 0. The summed E-state index contributed by atoms with van der Waals surface area (Å²) < 4.78 is 17.0. The van der Waals surface area contributed by atoms with Crippen molar-refractivity contribution in [2.24, 2.45) is 11.8 Å². The maximum absolute atomic E-state index is 11.7. The monoisotopic (exact) mass is 441 g/mol. The first kappa shape index (κ1) is 23.3. The highest BCUT2D eigenvalue weighted by molar-refractivity contribution is 5.28. The molecule has 5 nitrogen and oxygen atoms in total. The number of aliphatic hydroxyl groups is 1. The third-order valence-corrected chi connectivity index (χ3v) is 7.35. The highest BCUT2D eigenvalue weighted by Crippen LogP contribution is 2.45. The normalized spacial score (nSPS) is 17.4. The van der Waals surface area contributed by atoms with Gasteiger partial charge in [-0.25, -0.2) is 0 Å². The molecule has 1 heterocycles. The van der Waals surface area contributed by atoms with Crippen LogP contribution in [0.1, 0.15) is 68.5 Å². The standard InChI is InChI=1S/C27H39NO4/c1-30-15-14-28(19-23-10-5-11-24(16-23)31-2)20-25-12-13-26(32-25)27(29,17-21-6-3-7-21)18-22-8-4-9-22/h5,10-13,16,21-22,29H,3-4,6-9,14-15,17-20H2,1-2H3. The van der Waals surface area contributed by atoms with Gasteiger partial charge in [0, 0.05) is 20.2 Å². The lowest BCUT2D eigenvalue weighted by Crippen LogP contribution is -2.34. The van der Waals surface area contributed by atoms with Crippen LogP contribution in [0.15, 0.2) is 40.8 Å². The second-order valence-electron chi connectivity index (χ2n) is 9.85. The number of methoxy groups -OCH3 is 2. The van der Waals surface area contributed by atoms with Crippen LogP contribution in [0.25, 0.3) is 0 Å². The van der Waals surface area contributed by atoms with E-state index >= 15 is 0 Å². The highest BCUT2D eigenvalue weighted by Gasteiger charge is 2.40. The van der Waals surface area contributed by atoms with Gasteiger partial charge >= 0.3 is 0 Å². The zero-order valence-corrected chi connectivity index (χ0v) is 19.7. The molecule has 2 saturated carbocycles. The highest BCUT2D eigenvalue weighted by atomic mass is 16.5. The minimum absolute atomic E-state index is 0.639. The number of hydrogen-bond acceptors (Lipinski definition) is 5. The maximum Gasteiger partial charge on any atom is 0.135 e. The summed E-state index contributed by atoms with van der Waals surface area (Å²) in [7, 11) is 3.43. The van der Waals surface area contributed by atoms with Crippen molar-refractivity contribution in [1.82, 2.24) is 4.90 Å². The van der Waals surface area contributed by atoms with Crippen molar-refractivity contribution in [1.29, 1.82) is 0 Å². The first-order valence-corrected chi connectivity index (χ1v) is 12.2. The molecule has 1 aromatic carbocycles. The van der Waals surface area contributed by atoms with Gasteiger partial charge in [0.05, 0.1) is 20.3 Å². The zero-order chi connectivity index (χ0) is 22.4. The van der Waals surface area contributed by atoms with Crippen molar-refractivity contribution in [2.75, 3.05) is 27.4 Å². The van der Waals surface area contributed by atoms with Crippen LogP contribution in [-0.2, 0) is 23.4 Å². The van der Waals surface area contributed by atoms with Crippen LogP contribution >= 0.6 is 0 Å². The fourth-order valence-electron chi connectivity index (χ4n) is 5.03. The molecule has 1 N–H and O–H groups in total. The van der Waals surface area contributed by atoms with Crippen LogP contribution in [0.5, 0.6) is 5.75 Å². The number of hydrogen-bond donors (Lipinski definition) is 1. The number of nitrogens with zero attached hydrogens (tertiary/aromatic N) is 1. The lowest BCUT2D eigenvalue weighted by molar-refractivity contribution is -0.0494. The van der Waals surface area contributed by atoms with E-state index in [-0.39, 0.29) is 0 Å². The molecule has 0 amide bonds. The predicted octanol–water partition coefficient (Wildman–Crippen LogP) is 5.50. The Morgan fingerprint density at radius 1 is 1.00 bits per heavy atom. The largest absolute Gasteiger partial charge is 0.497 e. The maximum atomic E-state index is 11.7.